The molecule has 0 heterocycles. The van der Waals surface area contributed by atoms with Gasteiger partial charge in [-0.3, -0.25) is 4.79 Å². The molecule has 2 aromatic carbocycles. The lowest BCUT2D eigenvalue weighted by Gasteiger charge is -2.26. The molecule has 0 atom stereocenters. The quantitative estimate of drug-likeness (QED) is 0.909. The molecule has 0 saturated carbocycles. The van der Waals surface area contributed by atoms with E-state index in [0.717, 1.165) is 11.1 Å². The van der Waals surface area contributed by atoms with E-state index in [9.17, 15) is 14.7 Å². The highest BCUT2D eigenvalue weighted by molar-refractivity contribution is 6.34. The minimum Gasteiger partial charge on any atom is -0.479 e. The number of aliphatic carboxylic acids is 1. The van der Waals surface area contributed by atoms with Gasteiger partial charge in [0.25, 0.3) is 5.91 Å². The van der Waals surface area contributed by atoms with Crippen molar-refractivity contribution in [3.8, 4) is 0 Å². The molecule has 0 saturated heterocycles. The van der Waals surface area contributed by atoms with Gasteiger partial charge < -0.3 is 10.4 Å². The van der Waals surface area contributed by atoms with Crippen LogP contribution in [0.3, 0.4) is 0 Å². The molecule has 3 rings (SSSR count). The van der Waals surface area contributed by atoms with Crippen LogP contribution >= 0.6 is 11.6 Å². The Balaban J connectivity index is 1.94. The van der Waals surface area contributed by atoms with Crippen molar-refractivity contribution in [1.82, 2.24) is 5.32 Å². The van der Waals surface area contributed by atoms with Crippen molar-refractivity contribution >= 4 is 23.5 Å². The maximum absolute atomic E-state index is 12.6. The Morgan fingerprint density at radius 2 is 1.70 bits per heavy atom. The topological polar surface area (TPSA) is 66.4 Å². The van der Waals surface area contributed by atoms with E-state index in [1.807, 2.05) is 24.3 Å². The molecule has 4 nitrogen and oxygen atoms in total. The van der Waals surface area contributed by atoms with Crippen LogP contribution in [0.4, 0.5) is 0 Å². The average Bonchev–Trinajstić information content (AvgIpc) is 2.86. The number of nitrogens with one attached hydrogen (secondary N) is 1. The number of amides is 1. The van der Waals surface area contributed by atoms with Crippen LogP contribution in [-0.2, 0) is 17.6 Å². The van der Waals surface area contributed by atoms with Crippen molar-refractivity contribution in [2.45, 2.75) is 25.3 Å². The Hall–Kier alpha value is -2.33. The van der Waals surface area contributed by atoms with Crippen LogP contribution in [0.5, 0.6) is 0 Å². The molecule has 0 radical (unpaired) electrons. The van der Waals surface area contributed by atoms with Crippen LogP contribution < -0.4 is 5.32 Å². The standard InChI is InChI=1S/C18H16ClNO3/c1-11-5-4-8-14(19)15(11)16(21)20-18(17(22)23)9-12-6-2-3-7-13(12)10-18/h2-8H,9-10H2,1H3,(H,20,21)(H,22,23). The third kappa shape index (κ3) is 2.70. The second-order valence-electron chi connectivity index (χ2n) is 5.90. The number of benzene rings is 2. The average molecular weight is 330 g/mol. The van der Waals surface area contributed by atoms with Crippen molar-refractivity contribution in [3.63, 3.8) is 0 Å². The summed E-state index contributed by atoms with van der Waals surface area (Å²) in [4.78, 5) is 24.5. The summed E-state index contributed by atoms with van der Waals surface area (Å²) in [6, 6.07) is 12.7. The zero-order chi connectivity index (χ0) is 16.6. The molecule has 0 aliphatic heterocycles. The predicted octanol–water partition coefficient (Wildman–Crippen LogP) is 3.00. The number of aryl methyl sites for hydroxylation is 1. The summed E-state index contributed by atoms with van der Waals surface area (Å²) < 4.78 is 0. The molecule has 0 bridgehead atoms. The number of hydrogen-bond donors (Lipinski definition) is 2. The maximum Gasteiger partial charge on any atom is 0.330 e. The maximum atomic E-state index is 12.6. The summed E-state index contributed by atoms with van der Waals surface area (Å²) in [6.07, 6.45) is 0.543. The number of carboxylic acid groups (broad SMARTS) is 1. The van der Waals surface area contributed by atoms with Gasteiger partial charge in [-0.1, -0.05) is 48.0 Å². The fraction of sp³-hybridized carbons (Fsp3) is 0.222. The minimum absolute atomic E-state index is 0.272. The van der Waals surface area contributed by atoms with Gasteiger partial charge in [0, 0.05) is 12.8 Å². The Kier molecular flexibility index (Phi) is 3.86. The van der Waals surface area contributed by atoms with Crippen molar-refractivity contribution in [3.05, 3.63) is 69.7 Å². The molecule has 2 aromatic rings. The van der Waals surface area contributed by atoms with E-state index in [2.05, 4.69) is 5.32 Å². The van der Waals surface area contributed by atoms with E-state index in [0.29, 0.717) is 16.1 Å². The molecule has 0 aromatic heterocycles. The molecule has 23 heavy (non-hydrogen) atoms. The number of carbonyl (C=O) groups is 2. The molecule has 118 valence electrons. The highest BCUT2D eigenvalue weighted by Crippen LogP contribution is 2.31. The molecule has 5 heteroatoms. The van der Waals surface area contributed by atoms with E-state index in [-0.39, 0.29) is 12.8 Å². The van der Waals surface area contributed by atoms with Crippen molar-refractivity contribution in [2.75, 3.05) is 0 Å². The van der Waals surface area contributed by atoms with E-state index in [1.54, 1.807) is 25.1 Å². The molecular weight excluding hydrogens is 314 g/mol. The van der Waals surface area contributed by atoms with Gasteiger partial charge in [0.05, 0.1) is 10.6 Å². The van der Waals surface area contributed by atoms with E-state index in [4.69, 9.17) is 11.6 Å². The molecule has 1 aliphatic carbocycles. The number of halogens is 1. The third-order valence-corrected chi connectivity index (χ3v) is 4.63. The van der Waals surface area contributed by atoms with Crippen molar-refractivity contribution in [2.24, 2.45) is 0 Å². The van der Waals surface area contributed by atoms with Crippen LogP contribution in [0, 0.1) is 6.92 Å². The van der Waals surface area contributed by atoms with Gasteiger partial charge in [0.1, 0.15) is 5.54 Å². The SMILES string of the molecule is Cc1cccc(Cl)c1C(=O)NC1(C(=O)O)Cc2ccccc2C1. The number of hydrogen-bond acceptors (Lipinski definition) is 2. The number of rotatable bonds is 3. The van der Waals surface area contributed by atoms with Crippen LogP contribution in [0.25, 0.3) is 0 Å². The minimum atomic E-state index is -1.33. The molecule has 1 aliphatic rings. The van der Waals surface area contributed by atoms with Gasteiger partial charge in [0.2, 0.25) is 0 Å². The lowest BCUT2D eigenvalue weighted by molar-refractivity contribution is -0.144. The van der Waals surface area contributed by atoms with Gasteiger partial charge in [-0.25, -0.2) is 4.79 Å². The molecule has 0 fully saturated rings. The molecule has 0 spiro atoms. The van der Waals surface area contributed by atoms with Crippen molar-refractivity contribution in [1.29, 1.82) is 0 Å². The Bertz CT molecular complexity index is 755. The van der Waals surface area contributed by atoms with E-state index >= 15 is 0 Å². The summed E-state index contributed by atoms with van der Waals surface area (Å²) in [6.45, 7) is 1.78. The number of carboxylic acids is 1. The Labute approximate surface area is 139 Å². The first-order valence-electron chi connectivity index (χ1n) is 7.31. The Morgan fingerprint density at radius 3 is 2.22 bits per heavy atom. The molecule has 0 unspecified atom stereocenters. The fourth-order valence-corrected chi connectivity index (χ4v) is 3.42. The highest BCUT2D eigenvalue weighted by Gasteiger charge is 2.45. The summed E-state index contributed by atoms with van der Waals surface area (Å²) >= 11 is 6.12. The first-order valence-corrected chi connectivity index (χ1v) is 7.68. The molecule has 2 N–H and O–H groups in total. The summed E-state index contributed by atoms with van der Waals surface area (Å²) in [5, 5.41) is 12.8. The lowest BCUT2D eigenvalue weighted by atomic mass is 9.94. The number of carbonyl (C=O) groups excluding carboxylic acids is 1. The van der Waals surface area contributed by atoms with Gasteiger partial charge in [-0.05, 0) is 29.7 Å². The van der Waals surface area contributed by atoms with Crippen LogP contribution in [0.15, 0.2) is 42.5 Å². The monoisotopic (exact) mass is 329 g/mol. The van der Waals surface area contributed by atoms with Gasteiger partial charge in [0.15, 0.2) is 0 Å². The zero-order valence-electron chi connectivity index (χ0n) is 12.6. The molecule has 1 amide bonds. The fourth-order valence-electron chi connectivity index (χ4n) is 3.11. The van der Waals surface area contributed by atoms with Gasteiger partial charge >= 0.3 is 5.97 Å². The lowest BCUT2D eigenvalue weighted by Crippen LogP contribution is -2.55. The highest BCUT2D eigenvalue weighted by atomic mass is 35.5. The zero-order valence-corrected chi connectivity index (χ0v) is 13.4. The normalized spacial score (nSPS) is 15.0. The van der Waals surface area contributed by atoms with E-state index in [1.165, 1.54) is 0 Å². The second kappa shape index (κ2) is 5.70. The third-order valence-electron chi connectivity index (χ3n) is 4.31. The molecular formula is C18H16ClNO3. The first-order chi connectivity index (χ1) is 10.9. The van der Waals surface area contributed by atoms with Gasteiger partial charge in [-0.15, -0.1) is 0 Å². The van der Waals surface area contributed by atoms with E-state index < -0.39 is 17.4 Å². The van der Waals surface area contributed by atoms with Crippen LogP contribution in [0.2, 0.25) is 5.02 Å². The van der Waals surface area contributed by atoms with Gasteiger partial charge in [-0.2, -0.15) is 0 Å². The smallest absolute Gasteiger partial charge is 0.330 e. The summed E-state index contributed by atoms with van der Waals surface area (Å²) in [5.74, 6) is -1.49. The largest absolute Gasteiger partial charge is 0.479 e. The second-order valence-corrected chi connectivity index (χ2v) is 6.30. The van der Waals surface area contributed by atoms with Crippen LogP contribution in [-0.4, -0.2) is 22.5 Å². The predicted molar refractivity (Wildman–Crippen MR) is 87.9 cm³/mol. The summed E-state index contributed by atoms with van der Waals surface area (Å²) in [7, 11) is 0. The summed E-state index contributed by atoms with van der Waals surface area (Å²) in [5.41, 5.74) is 1.61. The first kappa shape index (κ1) is 15.6. The number of fused-ring (bicyclic) bond motifs is 1. The van der Waals surface area contributed by atoms with Crippen LogP contribution in [0.1, 0.15) is 27.0 Å². The Morgan fingerprint density at radius 1 is 1.09 bits per heavy atom. The van der Waals surface area contributed by atoms with Crippen molar-refractivity contribution < 1.29 is 14.7 Å².